The van der Waals surface area contributed by atoms with Gasteiger partial charge in [-0.2, -0.15) is 0 Å². The molecule has 0 saturated heterocycles. The molecular formula is C13H13N3O. The highest BCUT2D eigenvalue weighted by molar-refractivity contribution is 5.88. The minimum atomic E-state index is 0.673. The van der Waals surface area contributed by atoms with E-state index in [1.807, 2.05) is 30.3 Å². The average Bonchev–Trinajstić information content (AvgIpc) is 2.95. The average molecular weight is 227 g/mol. The summed E-state index contributed by atoms with van der Waals surface area (Å²) in [7, 11) is 0. The molecule has 0 radical (unpaired) electrons. The Hall–Kier alpha value is -2.23. The standard InChI is InChI=1S/C13H13N3O/c1-2-8-6-7-11(17-8)13-15-10-5-3-4-9(14)12(10)16-13/h3-7H,2,14H2,1H3,(H,15,16). The molecule has 2 aromatic heterocycles. The molecule has 0 bridgehead atoms. The first-order chi connectivity index (χ1) is 8.28. The van der Waals surface area contributed by atoms with Crippen LogP contribution in [0.3, 0.4) is 0 Å². The van der Waals surface area contributed by atoms with Crippen LogP contribution >= 0.6 is 0 Å². The lowest BCUT2D eigenvalue weighted by Gasteiger charge is -1.90. The Morgan fingerprint density at radius 2 is 2.18 bits per heavy atom. The van der Waals surface area contributed by atoms with Crippen molar-refractivity contribution in [2.24, 2.45) is 0 Å². The van der Waals surface area contributed by atoms with E-state index in [1.165, 1.54) is 0 Å². The summed E-state index contributed by atoms with van der Waals surface area (Å²) in [6.45, 7) is 2.05. The van der Waals surface area contributed by atoms with Crippen LogP contribution in [0.4, 0.5) is 5.69 Å². The number of aromatic nitrogens is 2. The summed E-state index contributed by atoms with van der Waals surface area (Å²) >= 11 is 0. The molecule has 3 rings (SSSR count). The number of nitrogens with one attached hydrogen (secondary N) is 1. The Morgan fingerprint density at radius 1 is 1.29 bits per heavy atom. The fraction of sp³-hybridized carbons (Fsp3) is 0.154. The maximum Gasteiger partial charge on any atom is 0.174 e. The fourth-order valence-corrected chi connectivity index (χ4v) is 1.87. The van der Waals surface area contributed by atoms with E-state index in [2.05, 4.69) is 16.9 Å². The summed E-state index contributed by atoms with van der Waals surface area (Å²) in [6.07, 6.45) is 0.877. The van der Waals surface area contributed by atoms with Gasteiger partial charge in [-0.25, -0.2) is 4.98 Å². The van der Waals surface area contributed by atoms with Crippen LogP contribution in [0.2, 0.25) is 0 Å². The zero-order chi connectivity index (χ0) is 11.8. The molecule has 86 valence electrons. The number of fused-ring (bicyclic) bond motifs is 1. The molecule has 0 fully saturated rings. The zero-order valence-corrected chi connectivity index (χ0v) is 9.53. The van der Waals surface area contributed by atoms with Gasteiger partial charge in [-0.1, -0.05) is 13.0 Å². The first kappa shape index (κ1) is 9.96. The largest absolute Gasteiger partial charge is 0.458 e. The van der Waals surface area contributed by atoms with Crippen molar-refractivity contribution in [3.05, 3.63) is 36.1 Å². The van der Waals surface area contributed by atoms with E-state index < -0.39 is 0 Å². The topological polar surface area (TPSA) is 67.8 Å². The predicted octanol–water partition coefficient (Wildman–Crippen LogP) is 2.97. The molecule has 0 spiro atoms. The number of nitrogens with zero attached hydrogens (tertiary/aromatic N) is 1. The number of imidazole rings is 1. The lowest BCUT2D eigenvalue weighted by atomic mass is 10.3. The summed E-state index contributed by atoms with van der Waals surface area (Å²) in [4.78, 5) is 7.66. The molecule has 0 atom stereocenters. The number of rotatable bonds is 2. The number of nitrogens with two attached hydrogens (primary N) is 1. The minimum Gasteiger partial charge on any atom is -0.458 e. The van der Waals surface area contributed by atoms with Crippen LogP contribution in [0.1, 0.15) is 12.7 Å². The second-order valence-corrected chi connectivity index (χ2v) is 3.95. The SMILES string of the molecule is CCc1ccc(-c2nc3c(N)cccc3[nH]2)o1. The van der Waals surface area contributed by atoms with Crippen molar-refractivity contribution < 1.29 is 4.42 Å². The molecule has 1 aromatic carbocycles. The van der Waals surface area contributed by atoms with E-state index in [1.54, 1.807) is 0 Å². The molecule has 0 unspecified atom stereocenters. The van der Waals surface area contributed by atoms with E-state index in [9.17, 15) is 0 Å². The second kappa shape index (κ2) is 3.66. The number of aromatic amines is 1. The predicted molar refractivity (Wildman–Crippen MR) is 67.6 cm³/mol. The number of para-hydroxylation sites is 1. The molecule has 0 amide bonds. The molecule has 4 nitrogen and oxygen atoms in total. The van der Waals surface area contributed by atoms with Crippen molar-refractivity contribution in [1.29, 1.82) is 0 Å². The molecule has 0 aliphatic heterocycles. The van der Waals surface area contributed by atoms with E-state index in [0.29, 0.717) is 5.69 Å². The van der Waals surface area contributed by atoms with Crippen LogP contribution in [-0.4, -0.2) is 9.97 Å². The number of furan rings is 1. The second-order valence-electron chi connectivity index (χ2n) is 3.95. The summed E-state index contributed by atoms with van der Waals surface area (Å²) in [5, 5.41) is 0. The molecule has 17 heavy (non-hydrogen) atoms. The lowest BCUT2D eigenvalue weighted by Crippen LogP contribution is -1.84. The third-order valence-electron chi connectivity index (χ3n) is 2.79. The Labute approximate surface area is 98.5 Å². The summed E-state index contributed by atoms with van der Waals surface area (Å²) in [6, 6.07) is 9.58. The molecule has 0 aliphatic rings. The van der Waals surface area contributed by atoms with Gasteiger partial charge in [-0.15, -0.1) is 0 Å². The van der Waals surface area contributed by atoms with Gasteiger partial charge >= 0.3 is 0 Å². The van der Waals surface area contributed by atoms with E-state index in [4.69, 9.17) is 10.2 Å². The number of hydrogen-bond donors (Lipinski definition) is 2. The van der Waals surface area contributed by atoms with E-state index >= 15 is 0 Å². The lowest BCUT2D eigenvalue weighted by molar-refractivity contribution is 0.526. The molecule has 3 N–H and O–H groups in total. The first-order valence-electron chi connectivity index (χ1n) is 5.61. The molecule has 4 heteroatoms. The summed E-state index contributed by atoms with van der Waals surface area (Å²) < 4.78 is 5.65. The van der Waals surface area contributed by atoms with E-state index in [-0.39, 0.29) is 0 Å². The van der Waals surface area contributed by atoms with Gasteiger partial charge in [0.2, 0.25) is 0 Å². The third-order valence-corrected chi connectivity index (χ3v) is 2.79. The highest BCUT2D eigenvalue weighted by atomic mass is 16.3. The van der Waals surface area contributed by atoms with Crippen molar-refractivity contribution in [3.8, 4) is 11.6 Å². The minimum absolute atomic E-state index is 0.673. The number of H-pyrrole nitrogens is 1. The van der Waals surface area contributed by atoms with Gasteiger partial charge in [0, 0.05) is 6.42 Å². The van der Waals surface area contributed by atoms with E-state index in [0.717, 1.165) is 34.8 Å². The maximum absolute atomic E-state index is 5.87. The fourth-order valence-electron chi connectivity index (χ4n) is 1.87. The number of nitrogen functional groups attached to an aromatic ring is 1. The molecular weight excluding hydrogens is 214 g/mol. The molecule has 2 heterocycles. The Balaban J connectivity index is 2.14. The Kier molecular flexibility index (Phi) is 2.14. The third kappa shape index (κ3) is 1.58. The number of anilines is 1. The highest BCUT2D eigenvalue weighted by Crippen LogP contribution is 2.25. The van der Waals surface area contributed by atoms with Crippen molar-refractivity contribution in [1.82, 2.24) is 9.97 Å². The van der Waals surface area contributed by atoms with Crippen molar-refractivity contribution in [3.63, 3.8) is 0 Å². The van der Waals surface area contributed by atoms with Crippen molar-refractivity contribution in [2.75, 3.05) is 5.73 Å². The highest BCUT2D eigenvalue weighted by Gasteiger charge is 2.10. The smallest absolute Gasteiger partial charge is 0.174 e. The van der Waals surface area contributed by atoms with Gasteiger partial charge in [-0.05, 0) is 24.3 Å². The van der Waals surface area contributed by atoms with Gasteiger partial charge < -0.3 is 15.1 Å². The van der Waals surface area contributed by atoms with Crippen LogP contribution in [-0.2, 0) is 6.42 Å². The van der Waals surface area contributed by atoms with Crippen molar-refractivity contribution >= 4 is 16.7 Å². The van der Waals surface area contributed by atoms with Gasteiger partial charge in [0.1, 0.15) is 11.3 Å². The molecule has 3 aromatic rings. The molecule has 0 saturated carbocycles. The van der Waals surface area contributed by atoms with Crippen LogP contribution in [0, 0.1) is 0 Å². The first-order valence-corrected chi connectivity index (χ1v) is 5.61. The molecule has 0 aliphatic carbocycles. The number of benzene rings is 1. The van der Waals surface area contributed by atoms with Gasteiger partial charge in [0.05, 0.1) is 11.2 Å². The summed E-state index contributed by atoms with van der Waals surface area (Å²) in [5.74, 6) is 2.42. The number of aryl methyl sites for hydroxylation is 1. The van der Waals surface area contributed by atoms with Crippen molar-refractivity contribution in [2.45, 2.75) is 13.3 Å². The van der Waals surface area contributed by atoms with Crippen LogP contribution in [0.25, 0.3) is 22.6 Å². The monoisotopic (exact) mass is 227 g/mol. The van der Waals surface area contributed by atoms with Gasteiger partial charge in [-0.3, -0.25) is 0 Å². The normalized spacial score (nSPS) is 11.1. The Morgan fingerprint density at radius 3 is 2.88 bits per heavy atom. The Bertz CT molecular complexity index is 666. The number of hydrogen-bond acceptors (Lipinski definition) is 3. The van der Waals surface area contributed by atoms with Crippen LogP contribution < -0.4 is 5.73 Å². The van der Waals surface area contributed by atoms with Crippen LogP contribution in [0.15, 0.2) is 34.7 Å². The quantitative estimate of drug-likeness (QED) is 0.661. The summed E-state index contributed by atoms with van der Waals surface area (Å²) in [5.41, 5.74) is 8.25. The van der Waals surface area contributed by atoms with Crippen LogP contribution in [0.5, 0.6) is 0 Å². The van der Waals surface area contributed by atoms with Gasteiger partial charge in [0.25, 0.3) is 0 Å². The van der Waals surface area contributed by atoms with Gasteiger partial charge in [0.15, 0.2) is 11.6 Å². The maximum atomic E-state index is 5.87. The zero-order valence-electron chi connectivity index (χ0n) is 9.53.